The Balaban J connectivity index is 2.12. The van der Waals surface area contributed by atoms with Gasteiger partial charge in [-0.3, -0.25) is 9.59 Å². The van der Waals surface area contributed by atoms with E-state index in [1.54, 1.807) is 30.2 Å². The van der Waals surface area contributed by atoms with Crippen LogP contribution in [0.25, 0.3) is 0 Å². The summed E-state index contributed by atoms with van der Waals surface area (Å²) in [7, 11) is 2.90. The first-order valence-corrected chi connectivity index (χ1v) is 6.68. The van der Waals surface area contributed by atoms with Crippen molar-refractivity contribution in [1.82, 2.24) is 4.90 Å². The molecule has 0 aliphatic heterocycles. The van der Waals surface area contributed by atoms with E-state index < -0.39 is 0 Å². The molecule has 5 heteroatoms. The predicted molar refractivity (Wildman–Crippen MR) is 73.7 cm³/mol. The summed E-state index contributed by atoms with van der Waals surface area (Å²) in [5, 5.41) is 0. The van der Waals surface area contributed by atoms with Crippen molar-refractivity contribution in [2.75, 3.05) is 20.8 Å². The Morgan fingerprint density at radius 2 is 1.95 bits per heavy atom. The van der Waals surface area contributed by atoms with Gasteiger partial charge in [0, 0.05) is 12.6 Å². The topological polar surface area (TPSA) is 55.8 Å². The Labute approximate surface area is 118 Å². The van der Waals surface area contributed by atoms with Crippen LogP contribution in [0, 0.1) is 0 Å². The summed E-state index contributed by atoms with van der Waals surface area (Å²) in [5.74, 6) is 0.165. The largest absolute Gasteiger partial charge is 0.496 e. The van der Waals surface area contributed by atoms with Crippen molar-refractivity contribution in [1.29, 1.82) is 0 Å². The number of hydrogen-bond donors (Lipinski definition) is 0. The predicted octanol–water partition coefficient (Wildman–Crippen LogP) is 1.86. The van der Waals surface area contributed by atoms with Gasteiger partial charge in [-0.1, -0.05) is 12.1 Å². The maximum absolute atomic E-state index is 12.6. The van der Waals surface area contributed by atoms with Gasteiger partial charge < -0.3 is 14.4 Å². The van der Waals surface area contributed by atoms with Crippen LogP contribution < -0.4 is 4.74 Å². The number of esters is 1. The minimum Gasteiger partial charge on any atom is -0.496 e. The highest BCUT2D eigenvalue weighted by Gasteiger charge is 2.34. The first-order chi connectivity index (χ1) is 9.67. The molecule has 1 saturated carbocycles. The molecule has 0 atom stereocenters. The van der Waals surface area contributed by atoms with Gasteiger partial charge in [-0.25, -0.2) is 0 Å². The highest BCUT2D eigenvalue weighted by atomic mass is 16.5. The van der Waals surface area contributed by atoms with Crippen LogP contribution in [-0.2, 0) is 9.53 Å². The van der Waals surface area contributed by atoms with Gasteiger partial charge in [0.25, 0.3) is 5.91 Å². The molecule has 5 nitrogen and oxygen atoms in total. The molecule has 1 aliphatic rings. The van der Waals surface area contributed by atoms with E-state index in [1.165, 1.54) is 7.11 Å². The minimum atomic E-state index is -0.302. The van der Waals surface area contributed by atoms with E-state index in [0.29, 0.717) is 17.9 Å². The smallest absolute Gasteiger partial charge is 0.307 e. The lowest BCUT2D eigenvalue weighted by atomic mass is 10.1. The fraction of sp³-hybridized carbons (Fsp3) is 0.467. The van der Waals surface area contributed by atoms with E-state index in [2.05, 4.69) is 4.74 Å². The third-order valence-electron chi connectivity index (χ3n) is 3.37. The fourth-order valence-electron chi connectivity index (χ4n) is 2.13. The highest BCUT2D eigenvalue weighted by Crippen LogP contribution is 2.30. The Morgan fingerprint density at radius 3 is 2.55 bits per heavy atom. The molecule has 1 aromatic carbocycles. The Hall–Kier alpha value is -2.04. The van der Waals surface area contributed by atoms with Gasteiger partial charge in [-0.2, -0.15) is 0 Å². The number of para-hydroxylation sites is 1. The molecule has 2 rings (SSSR count). The van der Waals surface area contributed by atoms with Crippen molar-refractivity contribution in [3.8, 4) is 5.75 Å². The molecule has 0 N–H and O–H groups in total. The first kappa shape index (κ1) is 14.4. The molecule has 1 aromatic rings. The van der Waals surface area contributed by atoms with Crippen molar-refractivity contribution in [2.24, 2.45) is 0 Å². The molecule has 108 valence electrons. The molecule has 1 amide bonds. The average molecular weight is 277 g/mol. The van der Waals surface area contributed by atoms with Gasteiger partial charge >= 0.3 is 5.97 Å². The molecule has 1 fully saturated rings. The molecule has 0 bridgehead atoms. The van der Waals surface area contributed by atoms with Crippen molar-refractivity contribution in [3.63, 3.8) is 0 Å². The lowest BCUT2D eigenvalue weighted by Crippen LogP contribution is -2.35. The van der Waals surface area contributed by atoms with E-state index in [1.807, 2.05) is 6.07 Å². The number of carbonyl (C=O) groups excluding carboxylic acids is 2. The normalized spacial score (nSPS) is 13.7. The quantitative estimate of drug-likeness (QED) is 0.745. The number of hydrogen-bond acceptors (Lipinski definition) is 4. The van der Waals surface area contributed by atoms with Crippen molar-refractivity contribution < 1.29 is 19.1 Å². The molecule has 0 spiro atoms. The SMILES string of the molecule is COC(=O)CCN(C(=O)c1ccccc1OC)C1CC1. The maximum atomic E-state index is 12.6. The molecule has 0 unspecified atom stereocenters. The van der Waals surface area contributed by atoms with Gasteiger partial charge in [0.1, 0.15) is 5.75 Å². The summed E-state index contributed by atoms with van der Waals surface area (Å²) in [6.45, 7) is 0.383. The summed E-state index contributed by atoms with van der Waals surface area (Å²) in [6.07, 6.45) is 2.19. The lowest BCUT2D eigenvalue weighted by Gasteiger charge is -2.22. The Kier molecular flexibility index (Phi) is 4.61. The first-order valence-electron chi connectivity index (χ1n) is 6.68. The lowest BCUT2D eigenvalue weighted by molar-refractivity contribution is -0.140. The number of nitrogens with zero attached hydrogens (tertiary/aromatic N) is 1. The average Bonchev–Trinajstić information content (AvgIpc) is 3.31. The van der Waals surface area contributed by atoms with Crippen LogP contribution in [-0.4, -0.2) is 43.6 Å². The third kappa shape index (κ3) is 3.29. The second-order valence-electron chi connectivity index (χ2n) is 4.76. The molecule has 0 radical (unpaired) electrons. The zero-order valence-electron chi connectivity index (χ0n) is 11.8. The van der Waals surface area contributed by atoms with Crippen LogP contribution >= 0.6 is 0 Å². The summed E-state index contributed by atoms with van der Waals surface area (Å²) in [6, 6.07) is 7.37. The van der Waals surface area contributed by atoms with Crippen LogP contribution in [0.1, 0.15) is 29.6 Å². The third-order valence-corrected chi connectivity index (χ3v) is 3.37. The summed E-state index contributed by atoms with van der Waals surface area (Å²) in [5.41, 5.74) is 0.534. The summed E-state index contributed by atoms with van der Waals surface area (Å²) in [4.78, 5) is 25.6. The summed E-state index contributed by atoms with van der Waals surface area (Å²) >= 11 is 0. The Bertz CT molecular complexity index is 496. The van der Waals surface area contributed by atoms with Crippen LogP contribution in [0.5, 0.6) is 5.75 Å². The van der Waals surface area contributed by atoms with Gasteiger partial charge in [0.2, 0.25) is 0 Å². The van der Waals surface area contributed by atoms with Crippen LogP contribution in [0.3, 0.4) is 0 Å². The molecule has 0 heterocycles. The van der Waals surface area contributed by atoms with Gasteiger partial charge in [0.15, 0.2) is 0 Å². The highest BCUT2D eigenvalue weighted by molar-refractivity contribution is 5.97. The van der Waals surface area contributed by atoms with E-state index in [-0.39, 0.29) is 24.3 Å². The van der Waals surface area contributed by atoms with Crippen molar-refractivity contribution >= 4 is 11.9 Å². The van der Waals surface area contributed by atoms with Crippen molar-refractivity contribution in [3.05, 3.63) is 29.8 Å². The number of ether oxygens (including phenoxy) is 2. The van der Waals surface area contributed by atoms with Gasteiger partial charge in [-0.05, 0) is 25.0 Å². The monoisotopic (exact) mass is 277 g/mol. The standard InChI is InChI=1S/C15H19NO4/c1-19-13-6-4-3-5-12(13)15(18)16(11-7-8-11)10-9-14(17)20-2/h3-6,11H,7-10H2,1-2H3. The minimum absolute atomic E-state index is 0.0890. The number of benzene rings is 1. The van der Waals surface area contributed by atoms with E-state index in [0.717, 1.165) is 12.8 Å². The Morgan fingerprint density at radius 1 is 1.25 bits per heavy atom. The van der Waals surface area contributed by atoms with E-state index in [9.17, 15) is 9.59 Å². The summed E-state index contributed by atoms with van der Waals surface area (Å²) < 4.78 is 9.85. The van der Waals surface area contributed by atoms with Crippen molar-refractivity contribution in [2.45, 2.75) is 25.3 Å². The number of carbonyl (C=O) groups is 2. The second kappa shape index (κ2) is 6.41. The zero-order valence-corrected chi connectivity index (χ0v) is 11.8. The molecular weight excluding hydrogens is 258 g/mol. The van der Waals surface area contributed by atoms with Crippen LogP contribution in [0.4, 0.5) is 0 Å². The molecular formula is C15H19NO4. The molecule has 0 aromatic heterocycles. The number of rotatable bonds is 6. The van der Waals surface area contributed by atoms with E-state index >= 15 is 0 Å². The van der Waals surface area contributed by atoms with Gasteiger partial charge in [0.05, 0.1) is 26.2 Å². The zero-order chi connectivity index (χ0) is 14.5. The molecule has 0 saturated heterocycles. The number of methoxy groups -OCH3 is 2. The number of amides is 1. The van der Waals surface area contributed by atoms with Gasteiger partial charge in [-0.15, -0.1) is 0 Å². The second-order valence-corrected chi connectivity index (χ2v) is 4.76. The van der Waals surface area contributed by atoms with E-state index in [4.69, 9.17) is 4.74 Å². The molecule has 1 aliphatic carbocycles. The molecule has 20 heavy (non-hydrogen) atoms. The fourth-order valence-corrected chi connectivity index (χ4v) is 2.13. The van der Waals surface area contributed by atoms with Crippen LogP contribution in [0.15, 0.2) is 24.3 Å². The maximum Gasteiger partial charge on any atom is 0.307 e. The van der Waals surface area contributed by atoms with Crippen LogP contribution in [0.2, 0.25) is 0 Å².